The number of hydrogen-bond donors (Lipinski definition) is 3. The van der Waals surface area contributed by atoms with E-state index in [1.165, 1.54) is 0 Å². The van der Waals surface area contributed by atoms with Gasteiger partial charge in [0.1, 0.15) is 5.82 Å². The van der Waals surface area contributed by atoms with Crippen LogP contribution >= 0.6 is 0 Å². The van der Waals surface area contributed by atoms with E-state index in [2.05, 4.69) is 20.3 Å². The second kappa shape index (κ2) is 5.27. The van der Waals surface area contributed by atoms with Crippen molar-refractivity contribution in [2.75, 3.05) is 5.32 Å². The molecule has 7 heteroatoms. The van der Waals surface area contributed by atoms with Crippen molar-refractivity contribution in [3.05, 3.63) is 67.8 Å². The van der Waals surface area contributed by atoms with E-state index in [9.17, 15) is 14.4 Å². The van der Waals surface area contributed by atoms with Crippen molar-refractivity contribution in [1.82, 2.24) is 15.0 Å². The number of Topliss-reactive ketones (excluding diaryl/α,β-unsaturated/α-hetero) is 1. The molecule has 1 aliphatic heterocycles. The predicted molar refractivity (Wildman–Crippen MR) is 92.4 cm³/mol. The molecule has 4 rings (SSSR count). The van der Waals surface area contributed by atoms with Gasteiger partial charge in [0.25, 0.3) is 5.56 Å². The third kappa shape index (κ3) is 2.52. The number of carbonyl (C=O) groups is 1. The molecule has 1 aliphatic carbocycles. The first-order valence-electron chi connectivity index (χ1n) is 8.15. The fraction of sp³-hybridized carbons (Fsp3) is 0.333. The lowest BCUT2D eigenvalue weighted by Gasteiger charge is -2.38. The fourth-order valence-corrected chi connectivity index (χ4v) is 3.84. The molecule has 0 radical (unpaired) electrons. The number of allylic oxidation sites excluding steroid dienone is 2. The first-order valence-corrected chi connectivity index (χ1v) is 8.15. The molecule has 0 fully saturated rings. The highest BCUT2D eigenvalue weighted by Gasteiger charge is 2.42. The number of H-pyrrole nitrogens is 2. The zero-order chi connectivity index (χ0) is 17.8. The SMILES string of the molecule is CC1(C)CC(=O)C2=C(C1)Nc1[nH]c(=O)[nH]c(=O)c1[C@H]2c1ccncc1. The van der Waals surface area contributed by atoms with Crippen molar-refractivity contribution in [2.45, 2.75) is 32.6 Å². The number of carbonyl (C=O) groups excluding carboxylic acids is 1. The van der Waals surface area contributed by atoms with Crippen molar-refractivity contribution >= 4 is 11.6 Å². The van der Waals surface area contributed by atoms with Crippen LogP contribution in [-0.2, 0) is 4.79 Å². The fourth-order valence-electron chi connectivity index (χ4n) is 3.84. The Morgan fingerprint density at radius 2 is 1.80 bits per heavy atom. The summed E-state index contributed by atoms with van der Waals surface area (Å²) in [5, 5.41) is 3.13. The summed E-state index contributed by atoms with van der Waals surface area (Å²) in [5.74, 6) is -0.130. The maximum atomic E-state index is 12.9. The summed E-state index contributed by atoms with van der Waals surface area (Å²) in [6, 6.07) is 3.59. The van der Waals surface area contributed by atoms with E-state index in [-0.39, 0.29) is 11.2 Å². The zero-order valence-electron chi connectivity index (χ0n) is 14.0. The molecule has 1 atom stereocenters. The van der Waals surface area contributed by atoms with E-state index in [1.54, 1.807) is 24.5 Å². The van der Waals surface area contributed by atoms with Gasteiger partial charge in [-0.2, -0.15) is 0 Å². The molecule has 0 unspecified atom stereocenters. The van der Waals surface area contributed by atoms with Crippen molar-refractivity contribution in [2.24, 2.45) is 5.41 Å². The van der Waals surface area contributed by atoms with Gasteiger partial charge in [-0.25, -0.2) is 4.79 Å². The van der Waals surface area contributed by atoms with Gasteiger partial charge in [0.15, 0.2) is 5.78 Å². The maximum Gasteiger partial charge on any atom is 0.327 e. The number of pyridine rings is 1. The van der Waals surface area contributed by atoms with E-state index in [0.29, 0.717) is 29.8 Å². The number of ketones is 1. The highest BCUT2D eigenvalue weighted by Crippen LogP contribution is 2.47. The van der Waals surface area contributed by atoms with Gasteiger partial charge in [0.2, 0.25) is 0 Å². The predicted octanol–water partition coefficient (Wildman–Crippen LogP) is 1.66. The quantitative estimate of drug-likeness (QED) is 0.733. The lowest BCUT2D eigenvalue weighted by Crippen LogP contribution is -2.38. The summed E-state index contributed by atoms with van der Waals surface area (Å²) in [4.78, 5) is 46.1. The van der Waals surface area contributed by atoms with Crippen LogP contribution in [-0.4, -0.2) is 20.7 Å². The Morgan fingerprint density at radius 1 is 1.08 bits per heavy atom. The second-order valence-corrected chi connectivity index (χ2v) is 7.37. The average molecular weight is 338 g/mol. The molecular formula is C18H18N4O3. The van der Waals surface area contributed by atoms with Gasteiger partial charge in [0.05, 0.1) is 5.56 Å². The van der Waals surface area contributed by atoms with Crippen LogP contribution in [0, 0.1) is 5.41 Å². The number of aromatic amines is 2. The van der Waals surface area contributed by atoms with Gasteiger partial charge in [-0.3, -0.25) is 24.5 Å². The maximum absolute atomic E-state index is 12.9. The van der Waals surface area contributed by atoms with Crippen LogP contribution in [0.5, 0.6) is 0 Å². The van der Waals surface area contributed by atoms with Crippen molar-refractivity contribution < 1.29 is 4.79 Å². The molecule has 0 spiro atoms. The minimum atomic E-state index is -0.574. The molecule has 2 aromatic rings. The molecule has 0 saturated heterocycles. The first-order chi connectivity index (χ1) is 11.9. The summed E-state index contributed by atoms with van der Waals surface area (Å²) < 4.78 is 0. The molecule has 3 N–H and O–H groups in total. The van der Waals surface area contributed by atoms with Gasteiger partial charge in [0, 0.05) is 36.0 Å². The van der Waals surface area contributed by atoms with Gasteiger partial charge in [-0.05, 0) is 29.5 Å². The van der Waals surface area contributed by atoms with Crippen LogP contribution in [0.1, 0.15) is 43.7 Å². The largest absolute Gasteiger partial charge is 0.344 e. The molecule has 25 heavy (non-hydrogen) atoms. The Bertz CT molecular complexity index is 1010. The highest BCUT2D eigenvalue weighted by atomic mass is 16.2. The molecule has 0 saturated carbocycles. The number of aromatic nitrogens is 3. The monoisotopic (exact) mass is 338 g/mol. The van der Waals surface area contributed by atoms with E-state index < -0.39 is 17.2 Å². The smallest absolute Gasteiger partial charge is 0.327 e. The van der Waals surface area contributed by atoms with E-state index in [1.807, 2.05) is 13.8 Å². The molecule has 7 nitrogen and oxygen atoms in total. The summed E-state index contributed by atoms with van der Waals surface area (Å²) in [7, 11) is 0. The van der Waals surface area contributed by atoms with Crippen LogP contribution in [0.3, 0.4) is 0 Å². The average Bonchev–Trinajstić information content (AvgIpc) is 2.52. The molecule has 0 aromatic carbocycles. The Balaban J connectivity index is 2.01. The summed E-state index contributed by atoms with van der Waals surface area (Å²) in [5.41, 5.74) is 1.30. The number of nitrogens with one attached hydrogen (secondary N) is 3. The molecular weight excluding hydrogens is 320 g/mol. The molecule has 0 amide bonds. The molecule has 128 valence electrons. The third-order valence-electron chi connectivity index (χ3n) is 4.79. The van der Waals surface area contributed by atoms with Gasteiger partial charge < -0.3 is 5.32 Å². The van der Waals surface area contributed by atoms with Crippen LogP contribution in [0.15, 0.2) is 45.4 Å². The number of hydrogen-bond acceptors (Lipinski definition) is 5. The topological polar surface area (TPSA) is 108 Å². The highest BCUT2D eigenvalue weighted by molar-refractivity contribution is 6.01. The van der Waals surface area contributed by atoms with Gasteiger partial charge in [-0.1, -0.05) is 13.8 Å². The Morgan fingerprint density at radius 3 is 2.52 bits per heavy atom. The summed E-state index contributed by atoms with van der Waals surface area (Å²) in [6.45, 7) is 4.07. The van der Waals surface area contributed by atoms with Crippen LogP contribution in [0.25, 0.3) is 0 Å². The van der Waals surface area contributed by atoms with Crippen LogP contribution in [0.2, 0.25) is 0 Å². The van der Waals surface area contributed by atoms with Crippen LogP contribution in [0.4, 0.5) is 5.82 Å². The number of anilines is 1. The molecule has 0 bridgehead atoms. The second-order valence-electron chi connectivity index (χ2n) is 7.37. The lowest BCUT2D eigenvalue weighted by atomic mass is 9.69. The van der Waals surface area contributed by atoms with Crippen molar-refractivity contribution in [3.8, 4) is 0 Å². The number of nitrogens with zero attached hydrogens (tertiary/aromatic N) is 1. The zero-order valence-corrected chi connectivity index (χ0v) is 14.0. The molecule has 2 aliphatic rings. The lowest BCUT2D eigenvalue weighted by molar-refractivity contribution is -0.118. The van der Waals surface area contributed by atoms with E-state index >= 15 is 0 Å². The van der Waals surface area contributed by atoms with Crippen LogP contribution < -0.4 is 16.6 Å². The van der Waals surface area contributed by atoms with Crippen molar-refractivity contribution in [1.29, 1.82) is 0 Å². The number of rotatable bonds is 1. The normalized spacial score (nSPS) is 21.4. The number of fused-ring (bicyclic) bond motifs is 1. The molecule has 2 aromatic heterocycles. The Hall–Kier alpha value is -2.96. The van der Waals surface area contributed by atoms with Crippen molar-refractivity contribution in [3.63, 3.8) is 0 Å². The Labute approximate surface area is 143 Å². The summed E-state index contributed by atoms with van der Waals surface area (Å²) in [6.07, 6.45) is 4.36. The molecule has 3 heterocycles. The Kier molecular flexibility index (Phi) is 3.28. The minimum absolute atomic E-state index is 0.0248. The summed E-state index contributed by atoms with van der Waals surface area (Å²) >= 11 is 0. The van der Waals surface area contributed by atoms with Gasteiger partial charge >= 0.3 is 5.69 Å². The van der Waals surface area contributed by atoms with E-state index in [4.69, 9.17) is 0 Å². The third-order valence-corrected chi connectivity index (χ3v) is 4.79. The van der Waals surface area contributed by atoms with E-state index in [0.717, 1.165) is 11.3 Å². The minimum Gasteiger partial charge on any atom is -0.344 e. The first kappa shape index (κ1) is 15.6. The standard InChI is InChI=1S/C18H18N4O3/c1-18(2)7-10-13(11(23)8-18)12(9-3-5-19-6-4-9)14-15(20-10)21-17(25)22-16(14)24/h3-6,12H,7-8H2,1-2H3,(H3,20,21,22,24,25)/t12-/m0/s1. The van der Waals surface area contributed by atoms with Gasteiger partial charge in [-0.15, -0.1) is 0 Å².